The molecular weight excluding hydrogens is 280 g/mol. The molecule has 1 aliphatic rings. The van der Waals surface area contributed by atoms with Gasteiger partial charge in [-0.3, -0.25) is 0 Å². The minimum Gasteiger partial charge on any atom is -0.497 e. The fraction of sp³-hybridized carbons (Fsp3) is 0.471. The molecule has 1 aromatic heterocycles. The first-order chi connectivity index (χ1) is 10.7. The van der Waals surface area contributed by atoms with Crippen LogP contribution in [0.25, 0.3) is 0 Å². The van der Waals surface area contributed by atoms with Crippen LogP contribution in [0.1, 0.15) is 18.9 Å². The molecule has 0 radical (unpaired) electrons. The summed E-state index contributed by atoms with van der Waals surface area (Å²) in [5.74, 6) is 0.282. The normalized spacial score (nSPS) is 24.5. The van der Waals surface area contributed by atoms with Crippen LogP contribution in [-0.4, -0.2) is 35.2 Å². The summed E-state index contributed by atoms with van der Waals surface area (Å²) in [5, 5.41) is 0. The van der Waals surface area contributed by atoms with E-state index in [4.69, 9.17) is 14.2 Å². The number of aromatic nitrogens is 2. The second-order valence-corrected chi connectivity index (χ2v) is 5.73. The van der Waals surface area contributed by atoms with E-state index in [1.807, 2.05) is 42.2 Å². The van der Waals surface area contributed by atoms with Gasteiger partial charge < -0.3 is 18.8 Å². The summed E-state index contributed by atoms with van der Waals surface area (Å²) in [6.07, 6.45) is 7.17. The van der Waals surface area contributed by atoms with Gasteiger partial charge in [-0.1, -0.05) is 12.1 Å². The molecule has 0 saturated carbocycles. The number of hydrogen-bond acceptors (Lipinski definition) is 4. The monoisotopic (exact) mass is 302 g/mol. The maximum Gasteiger partial charge on any atom is 0.174 e. The lowest BCUT2D eigenvalue weighted by molar-refractivity contribution is -0.171. The summed E-state index contributed by atoms with van der Waals surface area (Å²) in [6.45, 7) is 3.50. The molecule has 3 rings (SSSR count). The first kappa shape index (κ1) is 15.1. The predicted octanol–water partition coefficient (Wildman–Crippen LogP) is 2.66. The van der Waals surface area contributed by atoms with E-state index in [0.717, 1.165) is 24.3 Å². The van der Waals surface area contributed by atoms with Gasteiger partial charge in [0.25, 0.3) is 0 Å². The van der Waals surface area contributed by atoms with Crippen LogP contribution in [-0.2, 0) is 22.4 Å². The molecule has 2 heterocycles. The van der Waals surface area contributed by atoms with Gasteiger partial charge in [-0.15, -0.1) is 0 Å². The summed E-state index contributed by atoms with van der Waals surface area (Å²) in [5.41, 5.74) is 1.15. The van der Waals surface area contributed by atoms with E-state index in [2.05, 4.69) is 11.1 Å². The highest BCUT2D eigenvalue weighted by Crippen LogP contribution is 2.32. The number of hydrogen-bond donors (Lipinski definition) is 0. The van der Waals surface area contributed by atoms with Gasteiger partial charge in [0.1, 0.15) is 5.75 Å². The van der Waals surface area contributed by atoms with Gasteiger partial charge in [-0.2, -0.15) is 0 Å². The molecule has 0 aliphatic carbocycles. The molecule has 0 amide bonds. The smallest absolute Gasteiger partial charge is 0.174 e. The van der Waals surface area contributed by atoms with E-state index in [1.165, 1.54) is 0 Å². The van der Waals surface area contributed by atoms with Gasteiger partial charge in [0, 0.05) is 31.8 Å². The van der Waals surface area contributed by atoms with Crippen LogP contribution < -0.4 is 4.74 Å². The van der Waals surface area contributed by atoms with Crippen LogP contribution in [0.2, 0.25) is 0 Å². The molecule has 22 heavy (non-hydrogen) atoms. The molecule has 5 nitrogen and oxygen atoms in total. The molecule has 5 heteroatoms. The van der Waals surface area contributed by atoms with E-state index in [9.17, 15) is 0 Å². The fourth-order valence-corrected chi connectivity index (χ4v) is 2.83. The Morgan fingerprint density at radius 3 is 3.05 bits per heavy atom. The van der Waals surface area contributed by atoms with Crippen molar-refractivity contribution in [3.8, 4) is 5.75 Å². The Balaban J connectivity index is 1.74. The quantitative estimate of drug-likeness (QED) is 0.823. The summed E-state index contributed by atoms with van der Waals surface area (Å²) in [4.78, 5) is 4.08. The average Bonchev–Trinajstić information content (AvgIpc) is 3.16. The first-order valence-corrected chi connectivity index (χ1v) is 7.59. The molecule has 1 fully saturated rings. The van der Waals surface area contributed by atoms with Crippen molar-refractivity contribution in [3.05, 3.63) is 48.5 Å². The third-order valence-corrected chi connectivity index (χ3v) is 3.91. The third-order valence-electron chi connectivity index (χ3n) is 3.91. The molecule has 2 unspecified atom stereocenters. The average molecular weight is 302 g/mol. The van der Waals surface area contributed by atoms with E-state index in [1.54, 1.807) is 13.3 Å². The number of rotatable bonds is 6. The van der Waals surface area contributed by atoms with E-state index in [0.29, 0.717) is 13.0 Å². The molecule has 0 bridgehead atoms. The lowest BCUT2D eigenvalue weighted by Crippen LogP contribution is -2.35. The molecule has 1 aromatic carbocycles. The number of ether oxygens (including phenoxy) is 3. The molecule has 2 aromatic rings. The Morgan fingerprint density at radius 1 is 1.45 bits per heavy atom. The minimum absolute atomic E-state index is 0.119. The minimum atomic E-state index is -0.573. The Morgan fingerprint density at radius 2 is 2.36 bits per heavy atom. The van der Waals surface area contributed by atoms with E-state index >= 15 is 0 Å². The lowest BCUT2D eigenvalue weighted by Gasteiger charge is -2.28. The van der Waals surface area contributed by atoms with E-state index < -0.39 is 5.79 Å². The second kappa shape index (κ2) is 6.50. The van der Waals surface area contributed by atoms with Gasteiger partial charge in [-0.05, 0) is 24.6 Å². The van der Waals surface area contributed by atoms with Crippen molar-refractivity contribution in [2.45, 2.75) is 38.2 Å². The highest BCUT2D eigenvalue weighted by Gasteiger charge is 2.39. The zero-order valence-electron chi connectivity index (χ0n) is 13.1. The lowest BCUT2D eigenvalue weighted by atomic mass is 10.0. The van der Waals surface area contributed by atoms with Gasteiger partial charge >= 0.3 is 0 Å². The summed E-state index contributed by atoms with van der Waals surface area (Å²) < 4.78 is 19.5. The van der Waals surface area contributed by atoms with Crippen molar-refractivity contribution >= 4 is 0 Å². The van der Waals surface area contributed by atoms with Crippen LogP contribution in [0.5, 0.6) is 5.75 Å². The Kier molecular flexibility index (Phi) is 4.45. The molecule has 0 spiro atoms. The van der Waals surface area contributed by atoms with Gasteiger partial charge in [-0.25, -0.2) is 4.98 Å². The molecule has 1 saturated heterocycles. The first-order valence-electron chi connectivity index (χ1n) is 7.59. The maximum absolute atomic E-state index is 6.13. The van der Waals surface area contributed by atoms with Crippen molar-refractivity contribution in [2.24, 2.45) is 0 Å². The molecule has 0 N–H and O–H groups in total. The Bertz CT molecular complexity index is 600. The Hall–Kier alpha value is -1.85. The fourth-order valence-electron chi connectivity index (χ4n) is 2.83. The maximum atomic E-state index is 6.13. The SMILES string of the molecule is COc1cccc(CC2(CCn3ccnc3)OCC(C)O2)c1. The van der Waals surface area contributed by atoms with Crippen LogP contribution in [0.15, 0.2) is 43.0 Å². The summed E-state index contributed by atoms with van der Waals surface area (Å²) in [7, 11) is 1.68. The van der Waals surface area contributed by atoms with Crippen LogP contribution in [0.4, 0.5) is 0 Å². The zero-order chi connectivity index (χ0) is 15.4. The standard InChI is InChI=1S/C17H22N2O3/c1-14-12-21-17(22-14,6-8-19-9-7-18-13-19)11-15-4-3-5-16(10-15)20-2/h3-5,7,9-10,13-14H,6,8,11-12H2,1-2H3. The van der Waals surface area contributed by atoms with Gasteiger partial charge in [0.05, 0.1) is 26.1 Å². The van der Waals surface area contributed by atoms with Crippen LogP contribution in [0.3, 0.4) is 0 Å². The second-order valence-electron chi connectivity index (χ2n) is 5.73. The molecule has 2 atom stereocenters. The van der Waals surface area contributed by atoms with Crippen molar-refractivity contribution in [3.63, 3.8) is 0 Å². The van der Waals surface area contributed by atoms with E-state index in [-0.39, 0.29) is 6.10 Å². The summed E-state index contributed by atoms with van der Waals surface area (Å²) >= 11 is 0. The molecule has 118 valence electrons. The van der Waals surface area contributed by atoms with Gasteiger partial charge in [0.15, 0.2) is 5.79 Å². The van der Waals surface area contributed by atoms with Crippen molar-refractivity contribution in [1.82, 2.24) is 9.55 Å². The zero-order valence-corrected chi connectivity index (χ0v) is 13.1. The van der Waals surface area contributed by atoms with Crippen LogP contribution >= 0.6 is 0 Å². The number of nitrogens with zero attached hydrogens (tertiary/aromatic N) is 2. The van der Waals surface area contributed by atoms with Crippen LogP contribution in [0, 0.1) is 0 Å². The highest BCUT2D eigenvalue weighted by molar-refractivity contribution is 5.29. The molecular formula is C17H22N2O3. The highest BCUT2D eigenvalue weighted by atomic mass is 16.7. The third kappa shape index (κ3) is 3.48. The predicted molar refractivity (Wildman–Crippen MR) is 82.8 cm³/mol. The topological polar surface area (TPSA) is 45.5 Å². The number of methoxy groups -OCH3 is 1. The van der Waals surface area contributed by atoms with Crippen molar-refractivity contribution in [2.75, 3.05) is 13.7 Å². The number of benzene rings is 1. The number of aryl methyl sites for hydroxylation is 1. The Labute approximate surface area is 130 Å². The number of imidazole rings is 1. The van der Waals surface area contributed by atoms with Crippen molar-refractivity contribution in [1.29, 1.82) is 0 Å². The molecule has 1 aliphatic heterocycles. The van der Waals surface area contributed by atoms with Gasteiger partial charge in [0.2, 0.25) is 0 Å². The largest absolute Gasteiger partial charge is 0.497 e. The summed E-state index contributed by atoms with van der Waals surface area (Å²) in [6, 6.07) is 8.06. The van der Waals surface area contributed by atoms with Crippen molar-refractivity contribution < 1.29 is 14.2 Å².